The fraction of sp³-hybridized carbons (Fsp3) is 0.750. The summed E-state index contributed by atoms with van der Waals surface area (Å²) in [5.41, 5.74) is 5.27. The molecule has 0 radical (unpaired) electrons. The van der Waals surface area contributed by atoms with E-state index in [2.05, 4.69) is 33.4 Å². The van der Waals surface area contributed by atoms with Gasteiger partial charge in [0.05, 0.1) is 28.5 Å². The molecule has 1 aliphatic carbocycles. The predicted molar refractivity (Wildman–Crippen MR) is 70.5 cm³/mol. The molecular weight excluding hydrogens is 282 g/mol. The summed E-state index contributed by atoms with van der Waals surface area (Å²) >= 11 is 3.58. The van der Waals surface area contributed by atoms with Gasteiger partial charge < -0.3 is 0 Å². The highest BCUT2D eigenvalue weighted by molar-refractivity contribution is 9.10. The Hall–Kier alpha value is -0.390. The van der Waals surface area contributed by atoms with Crippen molar-refractivity contribution >= 4 is 15.9 Å². The van der Waals surface area contributed by atoms with Crippen LogP contribution in [0.4, 0.5) is 0 Å². The fourth-order valence-electron chi connectivity index (χ4n) is 2.27. The molecule has 5 heteroatoms. The van der Waals surface area contributed by atoms with Crippen molar-refractivity contribution in [1.82, 2.24) is 15.3 Å². The SMILES string of the molecule is CCn1nc(C)c(Br)c1CNOC1CCCC1. The molecule has 0 saturated heterocycles. The minimum absolute atomic E-state index is 0.396. The van der Waals surface area contributed by atoms with Gasteiger partial charge in [-0.05, 0) is 42.6 Å². The number of aryl methyl sites for hydroxylation is 2. The Balaban J connectivity index is 1.89. The molecule has 96 valence electrons. The van der Waals surface area contributed by atoms with Gasteiger partial charge in [0.1, 0.15) is 0 Å². The molecule has 4 nitrogen and oxygen atoms in total. The molecule has 0 aliphatic heterocycles. The lowest BCUT2D eigenvalue weighted by molar-refractivity contribution is -0.0254. The maximum Gasteiger partial charge on any atom is 0.0790 e. The highest BCUT2D eigenvalue weighted by atomic mass is 79.9. The number of hydrogen-bond acceptors (Lipinski definition) is 3. The first-order chi connectivity index (χ1) is 8.22. The van der Waals surface area contributed by atoms with E-state index in [9.17, 15) is 0 Å². The Morgan fingerprint density at radius 1 is 1.47 bits per heavy atom. The van der Waals surface area contributed by atoms with Gasteiger partial charge in [-0.3, -0.25) is 9.52 Å². The van der Waals surface area contributed by atoms with E-state index in [0.717, 1.165) is 22.4 Å². The van der Waals surface area contributed by atoms with Crippen LogP contribution in [0.25, 0.3) is 0 Å². The zero-order valence-electron chi connectivity index (χ0n) is 10.5. The topological polar surface area (TPSA) is 39.1 Å². The summed E-state index contributed by atoms with van der Waals surface area (Å²) in [4.78, 5) is 5.66. The Bertz CT molecular complexity index is 372. The number of nitrogens with one attached hydrogen (secondary N) is 1. The molecule has 0 aromatic carbocycles. The third-order valence-electron chi connectivity index (χ3n) is 3.24. The van der Waals surface area contributed by atoms with Crippen molar-refractivity contribution in [1.29, 1.82) is 0 Å². The number of nitrogens with zero attached hydrogens (tertiary/aromatic N) is 2. The van der Waals surface area contributed by atoms with Gasteiger partial charge in [0.25, 0.3) is 0 Å². The normalized spacial score (nSPS) is 16.9. The highest BCUT2D eigenvalue weighted by Gasteiger charge is 2.16. The van der Waals surface area contributed by atoms with Crippen molar-refractivity contribution in [3.8, 4) is 0 Å². The highest BCUT2D eigenvalue weighted by Crippen LogP contribution is 2.22. The minimum Gasteiger partial charge on any atom is -0.298 e. The summed E-state index contributed by atoms with van der Waals surface area (Å²) in [6.07, 6.45) is 5.35. The summed E-state index contributed by atoms with van der Waals surface area (Å²) in [6, 6.07) is 0. The molecule has 1 aromatic heterocycles. The molecule has 0 atom stereocenters. The number of hydroxylamine groups is 1. The van der Waals surface area contributed by atoms with Crippen molar-refractivity contribution in [2.75, 3.05) is 0 Å². The first kappa shape index (κ1) is 13.1. The summed E-state index contributed by atoms with van der Waals surface area (Å²) in [6.45, 7) is 5.69. The van der Waals surface area contributed by atoms with E-state index in [4.69, 9.17) is 4.84 Å². The fourth-order valence-corrected chi connectivity index (χ4v) is 2.70. The largest absolute Gasteiger partial charge is 0.298 e. The predicted octanol–water partition coefficient (Wildman–Crippen LogP) is 2.94. The van der Waals surface area contributed by atoms with Gasteiger partial charge in [0.15, 0.2) is 0 Å². The molecule has 1 N–H and O–H groups in total. The monoisotopic (exact) mass is 301 g/mol. The average Bonchev–Trinajstić information content (AvgIpc) is 2.92. The molecule has 1 heterocycles. The maximum atomic E-state index is 5.66. The molecule has 1 aliphatic rings. The Morgan fingerprint density at radius 2 is 2.18 bits per heavy atom. The maximum absolute atomic E-state index is 5.66. The van der Waals surface area contributed by atoms with E-state index in [1.807, 2.05) is 11.6 Å². The molecule has 1 fully saturated rings. The molecule has 2 rings (SSSR count). The second kappa shape index (κ2) is 5.98. The summed E-state index contributed by atoms with van der Waals surface area (Å²) < 4.78 is 3.09. The smallest absolute Gasteiger partial charge is 0.0790 e. The van der Waals surface area contributed by atoms with Crippen molar-refractivity contribution < 1.29 is 4.84 Å². The molecule has 0 unspecified atom stereocenters. The standard InChI is InChI=1S/C12H20BrN3O/c1-3-16-11(12(13)9(2)15-16)8-14-17-10-6-4-5-7-10/h10,14H,3-8H2,1-2H3. The molecule has 1 aromatic rings. The second-order valence-corrected chi connectivity index (χ2v) is 5.30. The van der Waals surface area contributed by atoms with Crippen molar-refractivity contribution in [2.45, 2.75) is 58.7 Å². The van der Waals surface area contributed by atoms with Crippen LogP contribution in [0.2, 0.25) is 0 Å². The quantitative estimate of drug-likeness (QED) is 0.850. The van der Waals surface area contributed by atoms with Crippen LogP contribution in [0.3, 0.4) is 0 Å². The van der Waals surface area contributed by atoms with Gasteiger partial charge in [0, 0.05) is 6.54 Å². The van der Waals surface area contributed by atoms with Crippen LogP contribution >= 0.6 is 15.9 Å². The van der Waals surface area contributed by atoms with Gasteiger partial charge in [-0.1, -0.05) is 12.8 Å². The van der Waals surface area contributed by atoms with Crippen LogP contribution in [0.1, 0.15) is 44.0 Å². The van der Waals surface area contributed by atoms with E-state index in [1.54, 1.807) is 0 Å². The van der Waals surface area contributed by atoms with E-state index < -0.39 is 0 Å². The number of hydrogen-bond donors (Lipinski definition) is 1. The van der Waals surface area contributed by atoms with Crippen LogP contribution < -0.4 is 5.48 Å². The average molecular weight is 302 g/mol. The van der Waals surface area contributed by atoms with Gasteiger partial charge >= 0.3 is 0 Å². The number of aromatic nitrogens is 2. The Labute approximate surface area is 111 Å². The number of rotatable bonds is 5. The van der Waals surface area contributed by atoms with Crippen LogP contribution in [0, 0.1) is 6.92 Å². The van der Waals surface area contributed by atoms with Crippen molar-refractivity contribution in [3.63, 3.8) is 0 Å². The minimum atomic E-state index is 0.396. The number of halogens is 1. The van der Waals surface area contributed by atoms with E-state index >= 15 is 0 Å². The molecule has 1 saturated carbocycles. The molecule has 17 heavy (non-hydrogen) atoms. The Morgan fingerprint density at radius 3 is 2.82 bits per heavy atom. The summed E-state index contributed by atoms with van der Waals surface area (Å²) in [7, 11) is 0. The molecule has 0 spiro atoms. The molecule has 0 amide bonds. The Kier molecular flexibility index (Phi) is 4.59. The molecule has 0 bridgehead atoms. The van der Waals surface area contributed by atoms with Gasteiger partial charge in [-0.2, -0.15) is 10.6 Å². The van der Waals surface area contributed by atoms with Crippen LogP contribution in [-0.4, -0.2) is 15.9 Å². The lowest BCUT2D eigenvalue weighted by Crippen LogP contribution is -2.23. The van der Waals surface area contributed by atoms with Crippen LogP contribution in [0.15, 0.2) is 4.47 Å². The zero-order chi connectivity index (χ0) is 12.3. The lowest BCUT2D eigenvalue weighted by Gasteiger charge is -2.12. The summed E-state index contributed by atoms with van der Waals surface area (Å²) in [5.74, 6) is 0. The van der Waals surface area contributed by atoms with Crippen molar-refractivity contribution in [3.05, 3.63) is 15.9 Å². The zero-order valence-corrected chi connectivity index (χ0v) is 12.1. The second-order valence-electron chi connectivity index (χ2n) is 4.51. The van der Waals surface area contributed by atoms with Gasteiger partial charge in [0.2, 0.25) is 0 Å². The van der Waals surface area contributed by atoms with Crippen molar-refractivity contribution in [2.24, 2.45) is 0 Å². The third-order valence-corrected chi connectivity index (χ3v) is 4.28. The summed E-state index contributed by atoms with van der Waals surface area (Å²) in [5, 5.41) is 4.45. The van der Waals surface area contributed by atoms with E-state index in [0.29, 0.717) is 12.6 Å². The lowest BCUT2D eigenvalue weighted by atomic mass is 10.3. The van der Waals surface area contributed by atoms with Crippen LogP contribution in [-0.2, 0) is 17.9 Å². The van der Waals surface area contributed by atoms with Gasteiger partial charge in [-0.15, -0.1) is 0 Å². The third kappa shape index (κ3) is 3.09. The first-order valence-electron chi connectivity index (χ1n) is 6.32. The van der Waals surface area contributed by atoms with E-state index in [1.165, 1.54) is 25.7 Å². The van der Waals surface area contributed by atoms with Gasteiger partial charge in [-0.25, -0.2) is 0 Å². The van der Waals surface area contributed by atoms with Crippen LogP contribution in [0.5, 0.6) is 0 Å². The van der Waals surface area contributed by atoms with E-state index in [-0.39, 0.29) is 0 Å². The first-order valence-corrected chi connectivity index (χ1v) is 7.12. The molecular formula is C12H20BrN3O.